The lowest BCUT2D eigenvalue weighted by atomic mass is 9.94. The summed E-state index contributed by atoms with van der Waals surface area (Å²) in [6.07, 6.45) is -0.0135. The molecule has 1 amide bonds. The maximum absolute atomic E-state index is 13.5. The number of rotatable bonds is 6. The minimum Gasteiger partial charge on any atom is -0.493 e. The van der Waals surface area contributed by atoms with Crippen LogP contribution < -0.4 is 9.47 Å². The van der Waals surface area contributed by atoms with Gasteiger partial charge in [0.05, 0.1) is 12.8 Å². The maximum Gasteiger partial charge on any atom is 0.280 e. The van der Waals surface area contributed by atoms with Crippen molar-refractivity contribution in [3.8, 4) is 11.5 Å². The number of benzene rings is 1. The third kappa shape index (κ3) is 4.42. The number of halogens is 2. The molecule has 1 fully saturated rings. The van der Waals surface area contributed by atoms with Crippen LogP contribution in [0.1, 0.15) is 42.1 Å². The van der Waals surface area contributed by atoms with E-state index in [-0.39, 0.29) is 29.9 Å². The van der Waals surface area contributed by atoms with Crippen LogP contribution in [0.4, 0.5) is 8.78 Å². The summed E-state index contributed by atoms with van der Waals surface area (Å²) < 4.78 is 39.0. The molecule has 10 heteroatoms. The number of likely N-dealkylation sites (tertiary alicyclic amines) is 1. The average molecular weight is 431 g/mol. The quantitative estimate of drug-likeness (QED) is 0.596. The molecule has 0 saturated carbocycles. The van der Waals surface area contributed by atoms with E-state index in [0.717, 1.165) is 22.9 Å². The van der Waals surface area contributed by atoms with Crippen LogP contribution >= 0.6 is 0 Å². The van der Waals surface area contributed by atoms with E-state index in [1.165, 1.54) is 12.4 Å². The molecule has 1 aliphatic heterocycles. The fourth-order valence-electron chi connectivity index (χ4n) is 3.79. The summed E-state index contributed by atoms with van der Waals surface area (Å²) in [7, 11) is 1.55. The Morgan fingerprint density at radius 2 is 2.13 bits per heavy atom. The third-order valence-electron chi connectivity index (χ3n) is 5.39. The molecule has 31 heavy (non-hydrogen) atoms. The molecular formula is C21H23F2N5O3. The molecule has 1 aromatic carbocycles. The Morgan fingerprint density at radius 3 is 2.90 bits per heavy atom. The van der Waals surface area contributed by atoms with Gasteiger partial charge in [-0.3, -0.25) is 4.79 Å². The number of ether oxygens (including phenoxy) is 2. The van der Waals surface area contributed by atoms with E-state index < -0.39 is 6.43 Å². The predicted octanol–water partition coefficient (Wildman–Crippen LogP) is 3.16. The Balaban J connectivity index is 1.46. The van der Waals surface area contributed by atoms with Gasteiger partial charge >= 0.3 is 0 Å². The normalized spacial score (nSPS) is 16.7. The highest BCUT2D eigenvalue weighted by molar-refractivity contribution is 5.78. The van der Waals surface area contributed by atoms with Crippen molar-refractivity contribution in [2.24, 2.45) is 0 Å². The fourth-order valence-corrected chi connectivity index (χ4v) is 3.79. The molecule has 0 N–H and O–H groups in total. The Labute approximate surface area is 177 Å². The van der Waals surface area contributed by atoms with Gasteiger partial charge < -0.3 is 14.4 Å². The number of alkyl halides is 2. The van der Waals surface area contributed by atoms with Crippen LogP contribution in [0.2, 0.25) is 0 Å². The van der Waals surface area contributed by atoms with Gasteiger partial charge in [0.2, 0.25) is 0 Å². The van der Waals surface area contributed by atoms with Crippen LogP contribution in [-0.2, 0) is 4.79 Å². The van der Waals surface area contributed by atoms with E-state index in [1.807, 2.05) is 19.1 Å². The molecule has 3 aromatic rings. The van der Waals surface area contributed by atoms with Gasteiger partial charge in [-0.25, -0.2) is 13.8 Å². The summed E-state index contributed by atoms with van der Waals surface area (Å²) in [6, 6.07) is 6.85. The molecule has 3 heterocycles. The molecule has 4 rings (SSSR count). The molecule has 164 valence electrons. The van der Waals surface area contributed by atoms with Gasteiger partial charge in [0.15, 0.2) is 18.1 Å². The highest BCUT2D eigenvalue weighted by Crippen LogP contribution is 2.30. The smallest absolute Gasteiger partial charge is 0.280 e. The third-order valence-corrected chi connectivity index (χ3v) is 5.39. The zero-order valence-electron chi connectivity index (χ0n) is 17.3. The summed E-state index contributed by atoms with van der Waals surface area (Å²) in [5.41, 5.74) is 1.26. The lowest BCUT2D eigenvalue weighted by molar-refractivity contribution is -0.134. The van der Waals surface area contributed by atoms with Crippen molar-refractivity contribution in [2.45, 2.75) is 32.1 Å². The number of aryl methyl sites for hydroxylation is 1. The van der Waals surface area contributed by atoms with Gasteiger partial charge in [-0.2, -0.15) is 14.6 Å². The molecule has 2 aromatic heterocycles. The Morgan fingerprint density at radius 1 is 1.29 bits per heavy atom. The minimum atomic E-state index is -2.70. The van der Waals surface area contributed by atoms with Gasteiger partial charge in [-0.05, 0) is 43.5 Å². The molecule has 0 aliphatic carbocycles. The molecule has 0 spiro atoms. The summed E-state index contributed by atoms with van der Waals surface area (Å²) >= 11 is 0. The van der Waals surface area contributed by atoms with Gasteiger partial charge in [-0.1, -0.05) is 6.07 Å². The predicted molar refractivity (Wildman–Crippen MR) is 108 cm³/mol. The molecule has 0 radical (unpaired) electrons. The topological polar surface area (TPSA) is 81.9 Å². The zero-order valence-corrected chi connectivity index (χ0v) is 17.3. The molecule has 1 saturated heterocycles. The number of amides is 1. The van der Waals surface area contributed by atoms with Crippen LogP contribution in [0, 0.1) is 6.92 Å². The maximum atomic E-state index is 13.5. The summed E-state index contributed by atoms with van der Waals surface area (Å²) in [6.45, 7) is 2.77. The first-order valence-electron chi connectivity index (χ1n) is 10.00. The molecule has 1 atom stereocenters. The fraction of sp³-hybridized carbons (Fsp3) is 0.429. The number of hydrogen-bond acceptors (Lipinski definition) is 6. The number of aromatic nitrogens is 4. The van der Waals surface area contributed by atoms with Gasteiger partial charge in [0.1, 0.15) is 12.0 Å². The number of methoxy groups -OCH3 is 1. The van der Waals surface area contributed by atoms with Crippen molar-refractivity contribution in [1.82, 2.24) is 24.5 Å². The van der Waals surface area contributed by atoms with E-state index in [0.29, 0.717) is 30.3 Å². The summed E-state index contributed by atoms with van der Waals surface area (Å²) in [5.74, 6) is 0.854. The second-order valence-electron chi connectivity index (χ2n) is 7.50. The highest BCUT2D eigenvalue weighted by atomic mass is 19.3. The number of nitrogens with zero attached hydrogens (tertiary/aromatic N) is 5. The Bertz CT molecular complexity index is 1090. The summed E-state index contributed by atoms with van der Waals surface area (Å²) in [5, 5.41) is 3.81. The largest absolute Gasteiger partial charge is 0.493 e. The van der Waals surface area contributed by atoms with Crippen LogP contribution in [-0.4, -0.2) is 57.2 Å². The molecule has 8 nitrogen and oxygen atoms in total. The van der Waals surface area contributed by atoms with Crippen LogP contribution in [0.15, 0.2) is 30.6 Å². The first-order valence-corrected chi connectivity index (χ1v) is 10.00. The van der Waals surface area contributed by atoms with E-state index in [4.69, 9.17) is 9.47 Å². The first-order chi connectivity index (χ1) is 15.0. The summed E-state index contributed by atoms with van der Waals surface area (Å²) in [4.78, 5) is 22.8. The standard InChI is InChI=1S/C21H23F2N5O3/c1-13-5-6-17(18(8-13)30-2)31-11-19(29)27-7-3-4-14(10-27)15-9-16(20(22)23)28-21(26-15)24-12-25-28/h5-6,8-9,12,14,20H,3-4,7,10-11H2,1-2H3/t14-/m1/s1. The highest BCUT2D eigenvalue weighted by Gasteiger charge is 2.28. The van der Waals surface area contributed by atoms with Crippen LogP contribution in [0.5, 0.6) is 11.5 Å². The van der Waals surface area contributed by atoms with Crippen LogP contribution in [0.25, 0.3) is 5.78 Å². The minimum absolute atomic E-state index is 0.131. The Kier molecular flexibility index (Phi) is 5.97. The van der Waals surface area contributed by atoms with Gasteiger partial charge in [-0.15, -0.1) is 0 Å². The second kappa shape index (κ2) is 8.83. The van der Waals surface area contributed by atoms with Crippen molar-refractivity contribution in [3.05, 3.63) is 47.5 Å². The Hall–Kier alpha value is -3.30. The molecule has 1 aliphatic rings. The van der Waals surface area contributed by atoms with Gasteiger partial charge in [0, 0.05) is 19.0 Å². The molecule has 0 bridgehead atoms. The van der Waals surface area contributed by atoms with Crippen molar-refractivity contribution in [1.29, 1.82) is 0 Å². The monoisotopic (exact) mass is 431 g/mol. The van der Waals surface area contributed by atoms with E-state index >= 15 is 0 Å². The average Bonchev–Trinajstić information content (AvgIpc) is 3.26. The van der Waals surface area contributed by atoms with Crippen molar-refractivity contribution in [3.63, 3.8) is 0 Å². The van der Waals surface area contributed by atoms with Crippen LogP contribution in [0.3, 0.4) is 0 Å². The number of hydrogen-bond donors (Lipinski definition) is 0. The van der Waals surface area contributed by atoms with Crippen molar-refractivity contribution >= 4 is 11.7 Å². The van der Waals surface area contributed by atoms with Crippen molar-refractivity contribution < 1.29 is 23.0 Å². The van der Waals surface area contributed by atoms with Crippen molar-refractivity contribution in [2.75, 3.05) is 26.8 Å². The molecule has 0 unspecified atom stereocenters. The lowest BCUT2D eigenvalue weighted by Crippen LogP contribution is -2.41. The van der Waals surface area contributed by atoms with E-state index in [9.17, 15) is 13.6 Å². The number of fused-ring (bicyclic) bond motifs is 1. The van der Waals surface area contributed by atoms with E-state index in [2.05, 4.69) is 15.1 Å². The number of carbonyl (C=O) groups excluding carboxylic acids is 1. The second-order valence-corrected chi connectivity index (χ2v) is 7.50. The van der Waals surface area contributed by atoms with Gasteiger partial charge in [0.25, 0.3) is 18.1 Å². The zero-order chi connectivity index (χ0) is 22.0. The number of piperidine rings is 1. The number of carbonyl (C=O) groups is 1. The van der Waals surface area contributed by atoms with E-state index in [1.54, 1.807) is 18.1 Å². The first kappa shape index (κ1) is 21.0. The SMILES string of the molecule is COc1cc(C)ccc1OCC(=O)N1CCC[C@@H](c2cc(C(F)F)n3ncnc3n2)C1. The lowest BCUT2D eigenvalue weighted by Gasteiger charge is -2.32. The molecular weight excluding hydrogens is 408 g/mol.